The fourth-order valence-electron chi connectivity index (χ4n) is 1.47. The van der Waals surface area contributed by atoms with Gasteiger partial charge in [0.2, 0.25) is 0 Å². The van der Waals surface area contributed by atoms with Crippen molar-refractivity contribution in [3.05, 3.63) is 0 Å². The van der Waals surface area contributed by atoms with Gasteiger partial charge in [-0.1, -0.05) is 28.8 Å². The molecule has 0 bridgehead atoms. The molecule has 1 rings (SSSR count). The molecule has 0 N–H and O–H groups in total. The van der Waals surface area contributed by atoms with E-state index in [0.29, 0.717) is 4.83 Å². The molecule has 2 nitrogen and oxygen atoms in total. The van der Waals surface area contributed by atoms with Gasteiger partial charge in [-0.3, -0.25) is 0 Å². The molecule has 78 valence electrons. The van der Waals surface area contributed by atoms with Crippen LogP contribution in [0.5, 0.6) is 0 Å². The van der Waals surface area contributed by atoms with E-state index in [4.69, 9.17) is 4.74 Å². The molecule has 3 heteroatoms. The van der Waals surface area contributed by atoms with E-state index in [0.717, 1.165) is 19.1 Å². The van der Waals surface area contributed by atoms with Crippen molar-refractivity contribution in [2.24, 2.45) is 5.92 Å². The van der Waals surface area contributed by atoms with Crippen LogP contribution in [0, 0.1) is 5.92 Å². The highest BCUT2D eigenvalue weighted by Crippen LogP contribution is 2.32. The first-order valence-corrected chi connectivity index (χ1v) is 5.95. The summed E-state index contributed by atoms with van der Waals surface area (Å²) in [7, 11) is 3.94. The number of halogens is 1. The number of methoxy groups -OCH3 is 1. The van der Waals surface area contributed by atoms with E-state index in [1.165, 1.54) is 25.8 Å². The maximum atomic E-state index is 5.07. The predicted molar refractivity (Wildman–Crippen MR) is 59.4 cm³/mol. The van der Waals surface area contributed by atoms with Gasteiger partial charge in [0.1, 0.15) is 0 Å². The first-order valence-electron chi connectivity index (χ1n) is 5.04. The molecule has 1 saturated carbocycles. The molecule has 0 saturated heterocycles. The number of rotatable bonds is 7. The van der Waals surface area contributed by atoms with Crippen LogP contribution in [0.2, 0.25) is 0 Å². The monoisotopic (exact) mass is 249 g/mol. The molecule has 1 atom stereocenters. The van der Waals surface area contributed by atoms with Crippen LogP contribution in [0.1, 0.15) is 19.3 Å². The quantitative estimate of drug-likeness (QED) is 0.642. The van der Waals surface area contributed by atoms with Crippen LogP contribution in [-0.2, 0) is 4.74 Å². The minimum absolute atomic E-state index is 0.474. The summed E-state index contributed by atoms with van der Waals surface area (Å²) in [5.41, 5.74) is 0. The molecule has 1 aliphatic carbocycles. The SMILES string of the molecule is COCC(Br)CN(C)CCC1CC1. The molecule has 0 heterocycles. The fraction of sp³-hybridized carbons (Fsp3) is 1.00. The lowest BCUT2D eigenvalue weighted by Gasteiger charge is -2.19. The second kappa shape index (κ2) is 5.99. The Labute approximate surface area is 89.8 Å². The van der Waals surface area contributed by atoms with Crippen molar-refractivity contribution in [2.45, 2.75) is 24.1 Å². The van der Waals surface area contributed by atoms with Crippen molar-refractivity contribution < 1.29 is 4.74 Å². The molecule has 0 aromatic carbocycles. The van der Waals surface area contributed by atoms with Crippen LogP contribution < -0.4 is 0 Å². The van der Waals surface area contributed by atoms with Crippen LogP contribution >= 0.6 is 15.9 Å². The van der Waals surface area contributed by atoms with E-state index >= 15 is 0 Å². The Morgan fingerprint density at radius 3 is 2.77 bits per heavy atom. The summed E-state index contributed by atoms with van der Waals surface area (Å²) in [6.45, 7) is 3.12. The van der Waals surface area contributed by atoms with Gasteiger partial charge in [0, 0.05) is 13.7 Å². The van der Waals surface area contributed by atoms with Gasteiger partial charge < -0.3 is 9.64 Å². The zero-order chi connectivity index (χ0) is 9.68. The van der Waals surface area contributed by atoms with E-state index in [-0.39, 0.29) is 0 Å². The third kappa shape index (κ3) is 5.66. The second-order valence-corrected chi connectivity index (χ2v) is 5.34. The molecule has 1 fully saturated rings. The van der Waals surface area contributed by atoms with Gasteiger partial charge in [0.15, 0.2) is 0 Å². The molecule has 13 heavy (non-hydrogen) atoms. The highest BCUT2D eigenvalue weighted by atomic mass is 79.9. The summed E-state index contributed by atoms with van der Waals surface area (Å²) in [5.74, 6) is 1.04. The minimum Gasteiger partial charge on any atom is -0.383 e. The molecule has 0 spiro atoms. The van der Waals surface area contributed by atoms with Crippen molar-refractivity contribution in [2.75, 3.05) is 33.9 Å². The summed E-state index contributed by atoms with van der Waals surface area (Å²) < 4.78 is 5.07. The predicted octanol–water partition coefficient (Wildman–Crippen LogP) is 2.13. The Bertz CT molecular complexity index is 139. The van der Waals surface area contributed by atoms with Crippen LogP contribution in [0.3, 0.4) is 0 Å². The molecular weight excluding hydrogens is 230 g/mol. The lowest BCUT2D eigenvalue weighted by atomic mass is 10.3. The topological polar surface area (TPSA) is 12.5 Å². The van der Waals surface area contributed by atoms with Gasteiger partial charge in [-0.05, 0) is 25.9 Å². The van der Waals surface area contributed by atoms with E-state index in [1.54, 1.807) is 7.11 Å². The molecule has 1 aliphatic rings. The van der Waals surface area contributed by atoms with Crippen molar-refractivity contribution in [1.29, 1.82) is 0 Å². The van der Waals surface area contributed by atoms with E-state index in [2.05, 4.69) is 27.9 Å². The first-order chi connectivity index (χ1) is 6.22. The number of hydrogen-bond acceptors (Lipinski definition) is 2. The maximum Gasteiger partial charge on any atom is 0.0600 e. The third-order valence-electron chi connectivity index (χ3n) is 2.47. The molecule has 0 aliphatic heterocycles. The number of ether oxygens (including phenoxy) is 1. The van der Waals surface area contributed by atoms with Crippen LogP contribution in [0.4, 0.5) is 0 Å². The largest absolute Gasteiger partial charge is 0.383 e. The lowest BCUT2D eigenvalue weighted by molar-refractivity contribution is 0.185. The maximum absolute atomic E-state index is 5.07. The molecular formula is C10H20BrNO. The second-order valence-electron chi connectivity index (χ2n) is 4.05. The number of alkyl halides is 1. The molecule has 0 aromatic rings. The van der Waals surface area contributed by atoms with E-state index in [1.807, 2.05) is 0 Å². The van der Waals surface area contributed by atoms with Crippen molar-refractivity contribution in [3.63, 3.8) is 0 Å². The van der Waals surface area contributed by atoms with Crippen molar-refractivity contribution in [1.82, 2.24) is 4.90 Å². The normalized spacial score (nSPS) is 19.4. The van der Waals surface area contributed by atoms with Crippen LogP contribution in [0.25, 0.3) is 0 Å². The molecule has 0 aromatic heterocycles. The van der Waals surface area contributed by atoms with Gasteiger partial charge in [-0.25, -0.2) is 0 Å². The van der Waals surface area contributed by atoms with Gasteiger partial charge >= 0.3 is 0 Å². The molecule has 0 radical (unpaired) electrons. The summed E-state index contributed by atoms with van der Waals surface area (Å²) in [4.78, 5) is 2.86. The van der Waals surface area contributed by atoms with Crippen molar-refractivity contribution >= 4 is 15.9 Å². The Kier molecular flexibility index (Phi) is 5.29. The Balaban J connectivity index is 1.97. The number of nitrogens with zero attached hydrogens (tertiary/aromatic N) is 1. The average Bonchev–Trinajstić information content (AvgIpc) is 2.84. The first kappa shape index (κ1) is 11.5. The van der Waals surface area contributed by atoms with Crippen LogP contribution in [-0.4, -0.2) is 43.6 Å². The summed E-state index contributed by atoms with van der Waals surface area (Å²) in [6, 6.07) is 0. The highest BCUT2D eigenvalue weighted by molar-refractivity contribution is 9.09. The average molecular weight is 250 g/mol. The lowest BCUT2D eigenvalue weighted by Crippen LogP contribution is -2.29. The zero-order valence-electron chi connectivity index (χ0n) is 8.63. The standard InChI is InChI=1S/C10H20BrNO/c1-12(6-5-9-3-4-9)7-10(11)8-13-2/h9-10H,3-8H2,1-2H3. The Morgan fingerprint density at radius 2 is 2.23 bits per heavy atom. The van der Waals surface area contributed by atoms with Gasteiger partial charge in [0.05, 0.1) is 11.4 Å². The highest BCUT2D eigenvalue weighted by Gasteiger charge is 2.21. The number of hydrogen-bond donors (Lipinski definition) is 0. The van der Waals surface area contributed by atoms with Gasteiger partial charge in [-0.2, -0.15) is 0 Å². The zero-order valence-corrected chi connectivity index (χ0v) is 10.2. The van der Waals surface area contributed by atoms with Crippen molar-refractivity contribution in [3.8, 4) is 0 Å². The fourth-order valence-corrected chi connectivity index (χ4v) is 2.23. The van der Waals surface area contributed by atoms with Gasteiger partial charge in [-0.15, -0.1) is 0 Å². The molecule has 1 unspecified atom stereocenters. The van der Waals surface area contributed by atoms with E-state index in [9.17, 15) is 0 Å². The minimum atomic E-state index is 0.474. The Hall–Kier alpha value is 0.400. The Morgan fingerprint density at radius 1 is 1.54 bits per heavy atom. The molecule has 0 amide bonds. The summed E-state index contributed by atoms with van der Waals surface area (Å²) >= 11 is 3.59. The third-order valence-corrected chi connectivity index (χ3v) is 3.03. The van der Waals surface area contributed by atoms with E-state index < -0.39 is 0 Å². The van der Waals surface area contributed by atoms with Gasteiger partial charge in [0.25, 0.3) is 0 Å². The summed E-state index contributed by atoms with van der Waals surface area (Å²) in [5, 5.41) is 0. The van der Waals surface area contributed by atoms with Crippen LogP contribution in [0.15, 0.2) is 0 Å². The summed E-state index contributed by atoms with van der Waals surface area (Å²) in [6.07, 6.45) is 4.30. The smallest absolute Gasteiger partial charge is 0.0600 e.